The number of halogens is 1. The van der Waals surface area contributed by atoms with Gasteiger partial charge in [0.25, 0.3) is 0 Å². The first-order valence-electron chi connectivity index (χ1n) is 8.58. The molecule has 1 aromatic carbocycles. The van der Waals surface area contributed by atoms with E-state index in [-0.39, 0.29) is 6.04 Å². The molecule has 1 radical (unpaired) electrons. The van der Waals surface area contributed by atoms with Crippen molar-refractivity contribution >= 4 is 11.6 Å². The first kappa shape index (κ1) is 15.9. The van der Waals surface area contributed by atoms with Crippen molar-refractivity contribution in [3.8, 4) is 11.6 Å². The summed E-state index contributed by atoms with van der Waals surface area (Å²) >= 11 is 5.98. The van der Waals surface area contributed by atoms with Crippen molar-refractivity contribution in [2.24, 2.45) is 0 Å². The van der Waals surface area contributed by atoms with Gasteiger partial charge in [-0.05, 0) is 49.6 Å². The predicted octanol–water partition coefficient (Wildman–Crippen LogP) is 4.04. The molecule has 0 spiro atoms. The van der Waals surface area contributed by atoms with Crippen LogP contribution in [0.15, 0.2) is 42.6 Å². The highest BCUT2D eigenvalue weighted by Crippen LogP contribution is 2.31. The van der Waals surface area contributed by atoms with Gasteiger partial charge in [-0.2, -0.15) is 0 Å². The van der Waals surface area contributed by atoms with Crippen LogP contribution in [-0.2, 0) is 0 Å². The van der Waals surface area contributed by atoms with Crippen LogP contribution in [-0.4, -0.2) is 35.6 Å². The number of aromatic nitrogens is 1. The number of rotatable bonds is 4. The van der Waals surface area contributed by atoms with E-state index in [1.54, 1.807) is 6.07 Å². The zero-order valence-electron chi connectivity index (χ0n) is 13.6. The second-order valence-corrected chi connectivity index (χ2v) is 6.93. The van der Waals surface area contributed by atoms with E-state index < -0.39 is 0 Å². The van der Waals surface area contributed by atoms with Crippen LogP contribution in [0.25, 0.3) is 0 Å². The molecular formula is C19H21ClN3O. The standard InChI is InChI=1S/C19H21ClN3O/c20-15-3-1-4-17(11-15)24-19-8-5-14(12-22-19)18-13-23(16-6-7-16)10-2-9-21-18/h1,3-5,8,11-12,16,18H,2,6-7,9-10,13H2. The van der Waals surface area contributed by atoms with E-state index in [0.29, 0.717) is 16.7 Å². The van der Waals surface area contributed by atoms with Crippen LogP contribution in [0, 0.1) is 0 Å². The van der Waals surface area contributed by atoms with Gasteiger partial charge < -0.3 is 4.74 Å². The Balaban J connectivity index is 1.44. The van der Waals surface area contributed by atoms with Crippen molar-refractivity contribution in [3.05, 3.63) is 53.2 Å². The molecule has 0 N–H and O–H groups in total. The molecule has 125 valence electrons. The van der Waals surface area contributed by atoms with Crippen LogP contribution in [0.2, 0.25) is 5.02 Å². The number of benzene rings is 1. The van der Waals surface area contributed by atoms with E-state index in [1.165, 1.54) is 24.9 Å². The molecule has 4 rings (SSSR count). The lowest BCUT2D eigenvalue weighted by Crippen LogP contribution is -2.31. The maximum Gasteiger partial charge on any atom is 0.219 e. The van der Waals surface area contributed by atoms with Crippen molar-refractivity contribution in [1.82, 2.24) is 15.2 Å². The summed E-state index contributed by atoms with van der Waals surface area (Å²) < 4.78 is 5.76. The molecule has 1 aliphatic carbocycles. The average molecular weight is 343 g/mol. The van der Waals surface area contributed by atoms with Gasteiger partial charge in [0, 0.05) is 36.4 Å². The first-order chi connectivity index (χ1) is 11.8. The summed E-state index contributed by atoms with van der Waals surface area (Å²) in [5.41, 5.74) is 1.17. The van der Waals surface area contributed by atoms with Gasteiger partial charge in [0.15, 0.2) is 0 Å². The lowest BCUT2D eigenvalue weighted by atomic mass is 10.1. The number of hydrogen-bond donors (Lipinski definition) is 0. The molecular weight excluding hydrogens is 322 g/mol. The fourth-order valence-corrected chi connectivity index (χ4v) is 3.35. The smallest absolute Gasteiger partial charge is 0.219 e. The Morgan fingerprint density at radius 1 is 1.17 bits per heavy atom. The quantitative estimate of drug-likeness (QED) is 0.841. The maximum atomic E-state index is 5.98. The molecule has 1 unspecified atom stereocenters. The maximum absolute atomic E-state index is 5.98. The minimum atomic E-state index is 0.223. The summed E-state index contributed by atoms with van der Waals surface area (Å²) in [6.45, 7) is 3.13. The van der Waals surface area contributed by atoms with Gasteiger partial charge in [-0.25, -0.2) is 10.3 Å². The zero-order valence-corrected chi connectivity index (χ0v) is 14.3. The Kier molecular flexibility index (Phi) is 4.69. The van der Waals surface area contributed by atoms with Crippen LogP contribution >= 0.6 is 11.6 Å². The van der Waals surface area contributed by atoms with Gasteiger partial charge in [0.1, 0.15) is 5.75 Å². The van der Waals surface area contributed by atoms with E-state index >= 15 is 0 Å². The zero-order chi connectivity index (χ0) is 16.4. The molecule has 2 aromatic rings. The largest absolute Gasteiger partial charge is 0.439 e. The molecule has 0 amide bonds. The Bertz CT molecular complexity index is 687. The van der Waals surface area contributed by atoms with Crippen molar-refractivity contribution in [2.75, 3.05) is 19.6 Å². The lowest BCUT2D eigenvalue weighted by Gasteiger charge is -2.23. The third kappa shape index (κ3) is 3.89. The molecule has 0 bridgehead atoms. The van der Waals surface area contributed by atoms with Crippen LogP contribution in [0.1, 0.15) is 30.9 Å². The molecule has 24 heavy (non-hydrogen) atoms. The third-order valence-corrected chi connectivity index (χ3v) is 4.82. The lowest BCUT2D eigenvalue weighted by molar-refractivity contribution is 0.258. The number of nitrogens with zero attached hydrogens (tertiary/aromatic N) is 3. The van der Waals surface area contributed by atoms with Crippen molar-refractivity contribution < 1.29 is 4.74 Å². The second kappa shape index (κ2) is 7.09. The fraction of sp³-hybridized carbons (Fsp3) is 0.421. The summed E-state index contributed by atoms with van der Waals surface area (Å²) in [6, 6.07) is 12.4. The number of hydrogen-bond acceptors (Lipinski definition) is 3. The van der Waals surface area contributed by atoms with Gasteiger partial charge in [-0.15, -0.1) is 0 Å². The van der Waals surface area contributed by atoms with Crippen molar-refractivity contribution in [2.45, 2.75) is 31.3 Å². The minimum absolute atomic E-state index is 0.223. The van der Waals surface area contributed by atoms with Gasteiger partial charge in [0.05, 0.1) is 6.04 Å². The Hall–Kier alpha value is -1.62. The van der Waals surface area contributed by atoms with E-state index in [1.807, 2.05) is 30.5 Å². The highest BCUT2D eigenvalue weighted by molar-refractivity contribution is 6.30. The predicted molar refractivity (Wildman–Crippen MR) is 94.7 cm³/mol. The first-order valence-corrected chi connectivity index (χ1v) is 8.96. The van der Waals surface area contributed by atoms with E-state index in [9.17, 15) is 0 Å². The van der Waals surface area contributed by atoms with E-state index in [4.69, 9.17) is 21.7 Å². The molecule has 1 saturated heterocycles. The Morgan fingerprint density at radius 2 is 2.08 bits per heavy atom. The second-order valence-electron chi connectivity index (χ2n) is 6.49. The van der Waals surface area contributed by atoms with Crippen molar-refractivity contribution in [1.29, 1.82) is 0 Å². The van der Waals surface area contributed by atoms with Gasteiger partial charge in [-0.1, -0.05) is 23.7 Å². The monoisotopic (exact) mass is 342 g/mol. The van der Waals surface area contributed by atoms with Crippen LogP contribution in [0.4, 0.5) is 0 Å². The Morgan fingerprint density at radius 3 is 2.83 bits per heavy atom. The summed E-state index contributed by atoms with van der Waals surface area (Å²) in [4.78, 5) is 7.05. The summed E-state index contributed by atoms with van der Waals surface area (Å²) in [5.74, 6) is 1.27. The number of ether oxygens (including phenoxy) is 1. The topological polar surface area (TPSA) is 39.5 Å². The van der Waals surface area contributed by atoms with Gasteiger partial charge >= 0.3 is 0 Å². The molecule has 5 heteroatoms. The highest BCUT2D eigenvalue weighted by atomic mass is 35.5. The van der Waals surface area contributed by atoms with Crippen LogP contribution in [0.3, 0.4) is 0 Å². The van der Waals surface area contributed by atoms with Crippen molar-refractivity contribution in [3.63, 3.8) is 0 Å². The molecule has 4 nitrogen and oxygen atoms in total. The fourth-order valence-electron chi connectivity index (χ4n) is 3.17. The highest BCUT2D eigenvalue weighted by Gasteiger charge is 2.32. The normalized spacial score (nSPS) is 22.1. The number of pyridine rings is 1. The molecule has 2 aliphatic rings. The van der Waals surface area contributed by atoms with Crippen LogP contribution in [0.5, 0.6) is 11.6 Å². The average Bonchev–Trinajstić information content (AvgIpc) is 3.42. The van der Waals surface area contributed by atoms with Gasteiger partial charge in [0.2, 0.25) is 5.88 Å². The summed E-state index contributed by atoms with van der Waals surface area (Å²) in [7, 11) is 0. The molecule has 1 aliphatic heterocycles. The van der Waals surface area contributed by atoms with E-state index in [2.05, 4.69) is 16.0 Å². The molecule has 1 saturated carbocycles. The SMILES string of the molecule is Clc1cccc(Oc2ccc(C3CN(C4CC4)CCC[N]3)cn2)c1. The third-order valence-electron chi connectivity index (χ3n) is 4.59. The molecule has 2 fully saturated rings. The minimum Gasteiger partial charge on any atom is -0.439 e. The molecule has 1 atom stereocenters. The van der Waals surface area contributed by atoms with E-state index in [0.717, 1.165) is 25.6 Å². The molecule has 1 aromatic heterocycles. The summed E-state index contributed by atoms with van der Waals surface area (Å²) in [6.07, 6.45) is 5.75. The molecule has 2 heterocycles. The Labute approximate surface area is 147 Å². The van der Waals surface area contributed by atoms with Gasteiger partial charge in [-0.3, -0.25) is 4.90 Å². The summed E-state index contributed by atoms with van der Waals surface area (Å²) in [5, 5.41) is 5.49. The van der Waals surface area contributed by atoms with Crippen LogP contribution < -0.4 is 10.1 Å².